The number of unbranched alkanes of at least 4 members (excludes halogenated alkanes) is 1. The second kappa shape index (κ2) is 8.86. The maximum absolute atomic E-state index is 13.2. The highest BCUT2D eigenvalue weighted by Gasteiger charge is 2.12. The summed E-state index contributed by atoms with van der Waals surface area (Å²) >= 11 is 0. The van der Waals surface area contributed by atoms with Gasteiger partial charge in [0, 0.05) is 6.54 Å². The zero-order chi connectivity index (χ0) is 17.4. The van der Waals surface area contributed by atoms with E-state index in [1.54, 1.807) is 12.1 Å². The van der Waals surface area contributed by atoms with Crippen LogP contribution in [0.3, 0.4) is 0 Å². The minimum Gasteiger partial charge on any atom is -0.496 e. The topological polar surface area (TPSA) is 47.6 Å². The zero-order valence-corrected chi connectivity index (χ0v) is 13.4. The Morgan fingerprint density at radius 3 is 2.46 bits per heavy atom. The van der Waals surface area contributed by atoms with Gasteiger partial charge >= 0.3 is 0 Å². The number of amides is 1. The number of rotatable bonds is 8. The van der Waals surface area contributed by atoms with Gasteiger partial charge in [-0.2, -0.15) is 0 Å². The number of hydrogen-bond donors (Lipinski definition) is 1. The maximum Gasteiger partial charge on any atom is 0.255 e. The molecule has 0 aliphatic carbocycles. The first-order valence-corrected chi connectivity index (χ1v) is 7.60. The quantitative estimate of drug-likeness (QED) is 0.750. The van der Waals surface area contributed by atoms with Crippen molar-refractivity contribution in [3.63, 3.8) is 0 Å². The smallest absolute Gasteiger partial charge is 0.255 e. The van der Waals surface area contributed by atoms with Gasteiger partial charge in [0.15, 0.2) is 0 Å². The minimum atomic E-state index is -0.492. The molecule has 4 nitrogen and oxygen atoms in total. The van der Waals surface area contributed by atoms with Crippen molar-refractivity contribution >= 4 is 5.91 Å². The molecule has 0 aliphatic heterocycles. The predicted octanol–water partition coefficient (Wildman–Crippen LogP) is 3.56. The van der Waals surface area contributed by atoms with Gasteiger partial charge in [0.2, 0.25) is 0 Å². The van der Waals surface area contributed by atoms with E-state index in [1.807, 2.05) is 0 Å². The normalized spacial score (nSPS) is 10.3. The van der Waals surface area contributed by atoms with Crippen molar-refractivity contribution in [2.45, 2.75) is 12.8 Å². The van der Waals surface area contributed by atoms with Crippen LogP contribution in [0.5, 0.6) is 11.5 Å². The first-order chi connectivity index (χ1) is 11.6. The average Bonchev–Trinajstić information content (AvgIpc) is 2.59. The number of benzene rings is 2. The number of carbonyl (C=O) groups is 1. The zero-order valence-electron chi connectivity index (χ0n) is 13.4. The van der Waals surface area contributed by atoms with E-state index in [0.717, 1.165) is 12.5 Å². The third kappa shape index (κ3) is 5.22. The van der Waals surface area contributed by atoms with Crippen LogP contribution in [0.2, 0.25) is 0 Å². The SMILES string of the molecule is COc1ccc(F)cc1C(=O)NCCCCOc1ccc(F)cc1. The van der Waals surface area contributed by atoms with Gasteiger partial charge in [0.25, 0.3) is 5.91 Å². The fourth-order valence-electron chi connectivity index (χ4n) is 2.10. The van der Waals surface area contributed by atoms with Gasteiger partial charge in [0.05, 0.1) is 19.3 Å². The molecule has 0 spiro atoms. The number of methoxy groups -OCH3 is 1. The largest absolute Gasteiger partial charge is 0.496 e. The molecule has 0 unspecified atom stereocenters. The van der Waals surface area contributed by atoms with Crippen LogP contribution in [0.15, 0.2) is 42.5 Å². The summed E-state index contributed by atoms with van der Waals surface area (Å²) in [6, 6.07) is 9.60. The van der Waals surface area contributed by atoms with E-state index in [4.69, 9.17) is 9.47 Å². The lowest BCUT2D eigenvalue weighted by Gasteiger charge is -2.10. The van der Waals surface area contributed by atoms with Crippen molar-refractivity contribution in [1.82, 2.24) is 5.32 Å². The van der Waals surface area contributed by atoms with E-state index in [9.17, 15) is 13.6 Å². The van der Waals surface area contributed by atoms with Crippen LogP contribution in [0, 0.1) is 11.6 Å². The molecule has 0 saturated heterocycles. The Morgan fingerprint density at radius 1 is 1.04 bits per heavy atom. The molecular weight excluding hydrogens is 316 g/mol. The Labute approximate surface area is 139 Å². The van der Waals surface area contributed by atoms with Crippen LogP contribution in [-0.2, 0) is 0 Å². The first-order valence-electron chi connectivity index (χ1n) is 7.60. The second-order valence-corrected chi connectivity index (χ2v) is 5.11. The van der Waals surface area contributed by atoms with Crippen molar-refractivity contribution in [3.8, 4) is 11.5 Å². The minimum absolute atomic E-state index is 0.167. The van der Waals surface area contributed by atoms with Gasteiger partial charge in [-0.15, -0.1) is 0 Å². The van der Waals surface area contributed by atoms with Gasteiger partial charge < -0.3 is 14.8 Å². The molecule has 0 bridgehead atoms. The van der Waals surface area contributed by atoms with Crippen LogP contribution in [0.25, 0.3) is 0 Å². The molecule has 128 valence electrons. The van der Waals surface area contributed by atoms with Crippen LogP contribution in [-0.4, -0.2) is 26.2 Å². The summed E-state index contributed by atoms with van der Waals surface area (Å²) in [5, 5.41) is 2.72. The van der Waals surface area contributed by atoms with Crippen LogP contribution >= 0.6 is 0 Å². The average molecular weight is 335 g/mol. The van der Waals surface area contributed by atoms with E-state index in [2.05, 4.69) is 5.32 Å². The summed E-state index contributed by atoms with van der Waals surface area (Å²) in [4.78, 5) is 12.0. The van der Waals surface area contributed by atoms with E-state index in [1.165, 1.54) is 31.4 Å². The maximum atomic E-state index is 13.2. The van der Waals surface area contributed by atoms with Gasteiger partial charge in [0.1, 0.15) is 23.1 Å². The second-order valence-electron chi connectivity index (χ2n) is 5.11. The lowest BCUT2D eigenvalue weighted by Crippen LogP contribution is -2.25. The van der Waals surface area contributed by atoms with E-state index in [0.29, 0.717) is 31.1 Å². The highest BCUT2D eigenvalue weighted by atomic mass is 19.1. The Kier molecular flexibility index (Phi) is 6.54. The highest BCUT2D eigenvalue weighted by Crippen LogP contribution is 2.19. The van der Waals surface area contributed by atoms with E-state index in [-0.39, 0.29) is 17.3 Å². The highest BCUT2D eigenvalue weighted by molar-refractivity contribution is 5.96. The van der Waals surface area contributed by atoms with E-state index < -0.39 is 5.82 Å². The van der Waals surface area contributed by atoms with Crippen LogP contribution in [0.4, 0.5) is 8.78 Å². The number of hydrogen-bond acceptors (Lipinski definition) is 3. The first kappa shape index (κ1) is 17.7. The number of nitrogens with one attached hydrogen (secondary N) is 1. The third-order valence-electron chi connectivity index (χ3n) is 3.35. The lowest BCUT2D eigenvalue weighted by atomic mass is 10.1. The number of halogens is 2. The fraction of sp³-hybridized carbons (Fsp3) is 0.278. The Balaban J connectivity index is 1.69. The molecule has 0 fully saturated rings. The molecule has 6 heteroatoms. The molecule has 1 N–H and O–H groups in total. The summed E-state index contributed by atoms with van der Waals surface area (Å²) in [7, 11) is 1.43. The molecule has 0 aliphatic rings. The molecule has 0 aromatic heterocycles. The van der Waals surface area contributed by atoms with Crippen molar-refractivity contribution < 1.29 is 23.0 Å². The molecule has 2 rings (SSSR count). The van der Waals surface area contributed by atoms with Crippen molar-refractivity contribution in [1.29, 1.82) is 0 Å². The van der Waals surface area contributed by atoms with Gasteiger partial charge in [-0.1, -0.05) is 0 Å². The summed E-state index contributed by atoms with van der Waals surface area (Å²) < 4.78 is 36.5. The van der Waals surface area contributed by atoms with Gasteiger partial charge in [-0.05, 0) is 55.3 Å². The van der Waals surface area contributed by atoms with Crippen LogP contribution in [0.1, 0.15) is 23.2 Å². The number of ether oxygens (including phenoxy) is 2. The lowest BCUT2D eigenvalue weighted by molar-refractivity contribution is 0.0949. The molecule has 2 aromatic rings. The third-order valence-corrected chi connectivity index (χ3v) is 3.35. The Bertz CT molecular complexity index is 674. The molecule has 0 heterocycles. The Morgan fingerprint density at radius 2 is 1.75 bits per heavy atom. The molecule has 1 amide bonds. The molecule has 0 atom stereocenters. The van der Waals surface area contributed by atoms with Gasteiger partial charge in [-0.25, -0.2) is 8.78 Å². The Hall–Kier alpha value is -2.63. The summed E-state index contributed by atoms with van der Waals surface area (Å²) in [6.07, 6.45) is 1.42. The van der Waals surface area contributed by atoms with Crippen LogP contribution < -0.4 is 14.8 Å². The summed E-state index contributed by atoms with van der Waals surface area (Å²) in [5.74, 6) is -0.254. The monoisotopic (exact) mass is 335 g/mol. The standard InChI is InChI=1S/C18H19F2NO3/c1-23-17-9-6-14(20)12-16(17)18(22)21-10-2-3-11-24-15-7-4-13(19)5-8-15/h4-9,12H,2-3,10-11H2,1H3,(H,21,22). The molecule has 24 heavy (non-hydrogen) atoms. The van der Waals surface area contributed by atoms with Crippen molar-refractivity contribution in [3.05, 3.63) is 59.7 Å². The van der Waals surface area contributed by atoms with Crippen molar-refractivity contribution in [2.75, 3.05) is 20.3 Å². The van der Waals surface area contributed by atoms with Crippen molar-refractivity contribution in [2.24, 2.45) is 0 Å². The molecule has 0 radical (unpaired) electrons. The molecular formula is C18H19F2NO3. The summed E-state index contributed by atoms with van der Waals surface area (Å²) in [5.41, 5.74) is 0.167. The summed E-state index contributed by atoms with van der Waals surface area (Å²) in [6.45, 7) is 0.899. The molecule has 0 saturated carbocycles. The van der Waals surface area contributed by atoms with E-state index >= 15 is 0 Å². The fourth-order valence-corrected chi connectivity index (χ4v) is 2.10. The van der Waals surface area contributed by atoms with Gasteiger partial charge in [-0.3, -0.25) is 4.79 Å². The number of carbonyl (C=O) groups excluding carboxylic acids is 1. The predicted molar refractivity (Wildman–Crippen MR) is 86.4 cm³/mol. The molecule has 2 aromatic carbocycles.